The summed E-state index contributed by atoms with van der Waals surface area (Å²) in [4.78, 5) is 30.4. The number of aromatic nitrogens is 2. The van der Waals surface area contributed by atoms with E-state index in [0.29, 0.717) is 22.2 Å². The Morgan fingerprint density at radius 3 is 2.58 bits per heavy atom. The van der Waals surface area contributed by atoms with Crippen molar-refractivity contribution in [1.29, 1.82) is 0 Å². The average molecular weight is 433 g/mol. The number of hydrogen-bond acceptors (Lipinski definition) is 5. The predicted octanol–water partition coefficient (Wildman–Crippen LogP) is 5.53. The molecule has 0 N–H and O–H groups in total. The first kappa shape index (κ1) is 20.1. The monoisotopic (exact) mass is 432 g/mol. The van der Waals surface area contributed by atoms with Crippen LogP contribution >= 0.6 is 11.8 Å². The fourth-order valence-electron chi connectivity index (χ4n) is 4.46. The molecule has 158 valence electrons. The molecule has 0 amide bonds. The summed E-state index contributed by atoms with van der Waals surface area (Å²) in [6.45, 7) is 4.06. The van der Waals surface area contributed by atoms with Gasteiger partial charge in [0, 0.05) is 23.2 Å². The molecule has 2 aromatic heterocycles. The number of nitrogens with zero attached hydrogens (tertiary/aromatic N) is 2. The molecule has 0 radical (unpaired) electrons. The van der Waals surface area contributed by atoms with E-state index < -0.39 is 0 Å². The Kier molecular flexibility index (Phi) is 5.18. The van der Waals surface area contributed by atoms with Gasteiger partial charge in [-0.1, -0.05) is 36.7 Å². The Morgan fingerprint density at radius 1 is 1.03 bits per heavy atom. The lowest BCUT2D eigenvalue weighted by Gasteiger charge is -2.18. The van der Waals surface area contributed by atoms with Crippen LogP contribution < -0.4 is 11.2 Å². The van der Waals surface area contributed by atoms with Gasteiger partial charge in [0.15, 0.2) is 5.16 Å². The minimum Gasteiger partial charge on any atom is -0.423 e. The van der Waals surface area contributed by atoms with E-state index in [0.717, 1.165) is 52.9 Å². The van der Waals surface area contributed by atoms with Gasteiger partial charge in [-0.3, -0.25) is 9.36 Å². The molecule has 1 aliphatic rings. The zero-order valence-corrected chi connectivity index (χ0v) is 18.5. The van der Waals surface area contributed by atoms with Crippen molar-refractivity contribution in [1.82, 2.24) is 9.55 Å². The minimum atomic E-state index is -0.356. The van der Waals surface area contributed by atoms with Crippen molar-refractivity contribution < 1.29 is 4.42 Å². The first-order valence-electron chi connectivity index (χ1n) is 10.7. The van der Waals surface area contributed by atoms with Gasteiger partial charge in [-0.15, -0.1) is 0 Å². The molecule has 1 fully saturated rings. The first-order chi connectivity index (χ1) is 15.0. The molecule has 0 aliphatic heterocycles. The molecule has 0 atom stereocenters. The maximum absolute atomic E-state index is 13.3. The largest absolute Gasteiger partial charge is 0.423 e. The van der Waals surface area contributed by atoms with Crippen molar-refractivity contribution in [2.45, 2.75) is 56.5 Å². The second-order valence-electron chi connectivity index (χ2n) is 8.34. The van der Waals surface area contributed by atoms with E-state index in [1.54, 1.807) is 6.07 Å². The number of para-hydroxylation sites is 1. The molecule has 1 saturated carbocycles. The summed E-state index contributed by atoms with van der Waals surface area (Å²) in [7, 11) is 0. The van der Waals surface area contributed by atoms with Crippen LogP contribution in [0.15, 0.2) is 61.6 Å². The molecule has 0 bridgehead atoms. The smallest absolute Gasteiger partial charge is 0.336 e. The van der Waals surface area contributed by atoms with Gasteiger partial charge < -0.3 is 4.42 Å². The maximum atomic E-state index is 13.3. The zero-order valence-electron chi connectivity index (χ0n) is 17.7. The van der Waals surface area contributed by atoms with E-state index in [1.807, 2.05) is 41.8 Å². The number of hydrogen-bond donors (Lipinski definition) is 0. The van der Waals surface area contributed by atoms with Crippen LogP contribution in [0.5, 0.6) is 0 Å². The van der Waals surface area contributed by atoms with E-state index in [2.05, 4.69) is 13.0 Å². The minimum absolute atomic E-state index is 0.0314. The highest BCUT2D eigenvalue weighted by atomic mass is 32.2. The van der Waals surface area contributed by atoms with Gasteiger partial charge in [-0.25, -0.2) is 9.78 Å². The van der Waals surface area contributed by atoms with Crippen LogP contribution in [0.2, 0.25) is 0 Å². The Balaban J connectivity index is 1.60. The second kappa shape index (κ2) is 8.00. The Hall–Kier alpha value is -2.86. The van der Waals surface area contributed by atoms with Gasteiger partial charge in [0.05, 0.1) is 10.9 Å². The lowest BCUT2D eigenvalue weighted by molar-refractivity contribution is 0.457. The highest BCUT2D eigenvalue weighted by molar-refractivity contribution is 7.98. The van der Waals surface area contributed by atoms with Crippen molar-refractivity contribution in [3.05, 3.63) is 79.9 Å². The SMILES string of the molecule is Cc1cc2oc(=O)cc(CSc3nc4ccccc4c(=O)n3C3CCCC3)c2cc1C. The van der Waals surface area contributed by atoms with Gasteiger partial charge in [-0.05, 0) is 67.6 Å². The van der Waals surface area contributed by atoms with Gasteiger partial charge in [0.25, 0.3) is 5.56 Å². The normalized spacial score (nSPS) is 14.6. The number of aryl methyl sites for hydroxylation is 2. The Morgan fingerprint density at radius 2 is 1.77 bits per heavy atom. The Labute approximate surface area is 184 Å². The van der Waals surface area contributed by atoms with E-state index >= 15 is 0 Å². The molecule has 4 aromatic rings. The fourth-order valence-corrected chi connectivity index (χ4v) is 5.51. The molecule has 0 spiro atoms. The number of fused-ring (bicyclic) bond motifs is 2. The van der Waals surface area contributed by atoms with Crippen LogP contribution in [0.25, 0.3) is 21.9 Å². The molecule has 0 saturated heterocycles. The van der Waals surface area contributed by atoms with Crippen molar-refractivity contribution in [3.63, 3.8) is 0 Å². The number of benzene rings is 2. The van der Waals surface area contributed by atoms with Gasteiger partial charge in [0.1, 0.15) is 5.58 Å². The number of rotatable bonds is 4. The van der Waals surface area contributed by atoms with Crippen molar-refractivity contribution >= 4 is 33.6 Å². The third-order valence-corrected chi connectivity index (χ3v) is 7.27. The third kappa shape index (κ3) is 3.69. The topological polar surface area (TPSA) is 65.1 Å². The van der Waals surface area contributed by atoms with Crippen molar-refractivity contribution in [3.8, 4) is 0 Å². The summed E-state index contributed by atoms with van der Waals surface area (Å²) in [6.07, 6.45) is 4.28. The standard InChI is InChI=1S/C25H24N2O3S/c1-15-11-20-17(13-23(28)30-22(20)12-16(15)2)14-31-25-26-21-10-6-5-9-19(21)24(29)27(25)18-7-3-4-8-18/h5-6,9-13,18H,3-4,7-8,14H2,1-2H3. The molecule has 31 heavy (non-hydrogen) atoms. The maximum Gasteiger partial charge on any atom is 0.336 e. The quantitative estimate of drug-likeness (QED) is 0.241. The van der Waals surface area contributed by atoms with Gasteiger partial charge in [0.2, 0.25) is 0 Å². The van der Waals surface area contributed by atoms with Crippen molar-refractivity contribution in [2.75, 3.05) is 0 Å². The molecule has 2 aromatic carbocycles. The van der Waals surface area contributed by atoms with Gasteiger partial charge >= 0.3 is 5.63 Å². The van der Waals surface area contributed by atoms with Crippen LogP contribution in [0, 0.1) is 13.8 Å². The number of thioether (sulfide) groups is 1. The molecular formula is C25H24N2O3S. The summed E-state index contributed by atoms with van der Waals surface area (Å²) < 4.78 is 7.33. The summed E-state index contributed by atoms with van der Waals surface area (Å²) in [5, 5.41) is 2.32. The Bertz CT molecular complexity index is 1410. The van der Waals surface area contributed by atoms with E-state index in [-0.39, 0.29) is 17.2 Å². The van der Waals surface area contributed by atoms with Crippen molar-refractivity contribution in [2.24, 2.45) is 0 Å². The second-order valence-corrected chi connectivity index (χ2v) is 9.28. The molecular weight excluding hydrogens is 408 g/mol. The zero-order chi connectivity index (χ0) is 21.5. The van der Waals surface area contributed by atoms with Gasteiger partial charge in [-0.2, -0.15) is 0 Å². The van der Waals surface area contributed by atoms with E-state index in [4.69, 9.17) is 9.40 Å². The molecule has 5 nitrogen and oxygen atoms in total. The molecule has 2 heterocycles. The van der Waals surface area contributed by atoms with E-state index in [9.17, 15) is 9.59 Å². The van der Waals surface area contributed by atoms with Crippen LogP contribution in [-0.4, -0.2) is 9.55 Å². The predicted molar refractivity (Wildman–Crippen MR) is 125 cm³/mol. The average Bonchev–Trinajstić information content (AvgIpc) is 3.28. The lowest BCUT2D eigenvalue weighted by Crippen LogP contribution is -2.26. The highest BCUT2D eigenvalue weighted by Crippen LogP contribution is 2.34. The molecule has 1 aliphatic carbocycles. The lowest BCUT2D eigenvalue weighted by atomic mass is 10.0. The summed E-state index contributed by atoms with van der Waals surface area (Å²) >= 11 is 1.52. The van der Waals surface area contributed by atoms with Crippen LogP contribution in [0.3, 0.4) is 0 Å². The highest BCUT2D eigenvalue weighted by Gasteiger charge is 2.23. The van der Waals surface area contributed by atoms with Crippen LogP contribution in [-0.2, 0) is 5.75 Å². The van der Waals surface area contributed by atoms with Crippen LogP contribution in [0.1, 0.15) is 48.4 Å². The molecule has 6 heteroatoms. The first-order valence-corrected chi connectivity index (χ1v) is 11.7. The summed E-state index contributed by atoms with van der Waals surface area (Å²) in [5.74, 6) is 0.544. The van der Waals surface area contributed by atoms with E-state index in [1.165, 1.54) is 11.8 Å². The molecule has 0 unspecified atom stereocenters. The summed E-state index contributed by atoms with van der Waals surface area (Å²) in [5.41, 5.74) is 4.14. The molecule has 5 rings (SSSR count). The fraction of sp³-hybridized carbons (Fsp3) is 0.320. The third-order valence-electron chi connectivity index (χ3n) is 6.27. The summed E-state index contributed by atoms with van der Waals surface area (Å²) in [6, 6.07) is 13.3. The van der Waals surface area contributed by atoms with Crippen LogP contribution in [0.4, 0.5) is 0 Å².